The van der Waals surface area contributed by atoms with E-state index in [1.54, 1.807) is 19.2 Å². The molecule has 18 heavy (non-hydrogen) atoms. The SMILES string of the molecule is COc1ccc(C(=O)c2ccc(Br)cc2)c(C)c1. The van der Waals surface area contributed by atoms with Crippen LogP contribution in [0, 0.1) is 6.92 Å². The smallest absolute Gasteiger partial charge is 0.193 e. The quantitative estimate of drug-likeness (QED) is 0.801. The first-order valence-corrected chi connectivity index (χ1v) is 6.36. The highest BCUT2D eigenvalue weighted by molar-refractivity contribution is 9.10. The summed E-state index contributed by atoms with van der Waals surface area (Å²) in [5.74, 6) is 0.794. The topological polar surface area (TPSA) is 26.3 Å². The molecule has 2 rings (SSSR count). The molecule has 0 atom stereocenters. The monoisotopic (exact) mass is 304 g/mol. The molecular weight excluding hydrogens is 292 g/mol. The minimum absolute atomic E-state index is 0.0302. The number of carbonyl (C=O) groups excluding carboxylic acids is 1. The summed E-state index contributed by atoms with van der Waals surface area (Å²) in [7, 11) is 1.62. The molecule has 0 aliphatic heterocycles. The number of methoxy groups -OCH3 is 1. The molecule has 0 aliphatic carbocycles. The fraction of sp³-hybridized carbons (Fsp3) is 0.133. The van der Waals surface area contributed by atoms with Gasteiger partial charge in [0.25, 0.3) is 0 Å². The van der Waals surface area contributed by atoms with Gasteiger partial charge in [-0.25, -0.2) is 0 Å². The lowest BCUT2D eigenvalue weighted by Crippen LogP contribution is -2.03. The number of benzene rings is 2. The standard InChI is InChI=1S/C15H13BrO2/c1-10-9-13(18-2)7-8-14(10)15(17)11-3-5-12(16)6-4-11/h3-9H,1-2H3. The van der Waals surface area contributed by atoms with E-state index >= 15 is 0 Å². The van der Waals surface area contributed by atoms with Gasteiger partial charge in [-0.15, -0.1) is 0 Å². The van der Waals surface area contributed by atoms with Gasteiger partial charge >= 0.3 is 0 Å². The van der Waals surface area contributed by atoms with Crippen LogP contribution in [0.1, 0.15) is 21.5 Å². The first-order chi connectivity index (χ1) is 8.61. The number of hydrogen-bond donors (Lipinski definition) is 0. The molecule has 0 spiro atoms. The third-order valence-corrected chi connectivity index (χ3v) is 3.31. The molecule has 0 unspecified atom stereocenters. The maximum atomic E-state index is 12.3. The van der Waals surface area contributed by atoms with Crippen molar-refractivity contribution in [3.63, 3.8) is 0 Å². The summed E-state index contributed by atoms with van der Waals surface area (Å²) >= 11 is 3.36. The van der Waals surface area contributed by atoms with Crippen LogP contribution in [0.5, 0.6) is 5.75 Å². The summed E-state index contributed by atoms with van der Waals surface area (Å²) in [6.45, 7) is 1.91. The van der Waals surface area contributed by atoms with Gasteiger partial charge in [0.2, 0.25) is 0 Å². The number of aryl methyl sites for hydroxylation is 1. The van der Waals surface area contributed by atoms with E-state index in [1.165, 1.54) is 0 Å². The fourth-order valence-electron chi connectivity index (χ4n) is 1.77. The highest BCUT2D eigenvalue weighted by Gasteiger charge is 2.12. The molecule has 92 valence electrons. The third-order valence-electron chi connectivity index (χ3n) is 2.78. The van der Waals surface area contributed by atoms with Crippen molar-refractivity contribution in [3.8, 4) is 5.75 Å². The van der Waals surface area contributed by atoms with Crippen LogP contribution in [0.2, 0.25) is 0 Å². The van der Waals surface area contributed by atoms with Crippen molar-refractivity contribution in [3.05, 3.63) is 63.6 Å². The first-order valence-electron chi connectivity index (χ1n) is 5.56. The Kier molecular flexibility index (Phi) is 3.82. The number of ether oxygens (including phenoxy) is 1. The lowest BCUT2D eigenvalue weighted by atomic mass is 9.99. The summed E-state index contributed by atoms with van der Waals surface area (Å²) in [6.07, 6.45) is 0. The predicted molar refractivity (Wildman–Crippen MR) is 75.3 cm³/mol. The second-order valence-electron chi connectivity index (χ2n) is 4.02. The van der Waals surface area contributed by atoms with Crippen LogP contribution >= 0.6 is 15.9 Å². The van der Waals surface area contributed by atoms with Crippen molar-refractivity contribution in [2.24, 2.45) is 0 Å². The zero-order valence-corrected chi connectivity index (χ0v) is 11.8. The van der Waals surface area contributed by atoms with E-state index in [9.17, 15) is 4.79 Å². The number of carbonyl (C=O) groups is 1. The van der Waals surface area contributed by atoms with E-state index in [0.29, 0.717) is 11.1 Å². The normalized spacial score (nSPS) is 10.2. The minimum atomic E-state index is 0.0302. The van der Waals surface area contributed by atoms with E-state index in [2.05, 4.69) is 15.9 Å². The predicted octanol–water partition coefficient (Wildman–Crippen LogP) is 4.00. The number of hydrogen-bond acceptors (Lipinski definition) is 2. The van der Waals surface area contributed by atoms with E-state index in [-0.39, 0.29) is 5.78 Å². The van der Waals surface area contributed by atoms with Gasteiger partial charge in [-0.3, -0.25) is 4.79 Å². The maximum Gasteiger partial charge on any atom is 0.193 e. The Morgan fingerprint density at radius 3 is 2.33 bits per heavy atom. The molecule has 0 amide bonds. The largest absolute Gasteiger partial charge is 0.497 e. The molecular formula is C15H13BrO2. The van der Waals surface area contributed by atoms with Crippen LogP contribution < -0.4 is 4.74 Å². The zero-order chi connectivity index (χ0) is 13.1. The molecule has 0 bridgehead atoms. The van der Waals surface area contributed by atoms with Crippen molar-refractivity contribution in [1.82, 2.24) is 0 Å². The number of halogens is 1. The van der Waals surface area contributed by atoms with Crippen molar-refractivity contribution >= 4 is 21.7 Å². The third kappa shape index (κ3) is 2.62. The molecule has 0 aromatic heterocycles. The van der Waals surface area contributed by atoms with Crippen LogP contribution in [-0.4, -0.2) is 12.9 Å². The Balaban J connectivity index is 2.37. The Hall–Kier alpha value is -1.61. The van der Waals surface area contributed by atoms with E-state index in [4.69, 9.17) is 4.74 Å². The van der Waals surface area contributed by atoms with Gasteiger partial charge in [-0.05, 0) is 55.0 Å². The highest BCUT2D eigenvalue weighted by atomic mass is 79.9. The summed E-state index contributed by atoms with van der Waals surface area (Å²) in [4.78, 5) is 12.3. The van der Waals surface area contributed by atoms with Crippen molar-refractivity contribution < 1.29 is 9.53 Å². The van der Waals surface area contributed by atoms with Gasteiger partial charge in [0, 0.05) is 15.6 Å². The molecule has 0 saturated carbocycles. The number of ketones is 1. The van der Waals surface area contributed by atoms with E-state index in [1.807, 2.05) is 37.3 Å². The van der Waals surface area contributed by atoms with Crippen LogP contribution in [0.25, 0.3) is 0 Å². The maximum absolute atomic E-state index is 12.3. The molecule has 2 aromatic carbocycles. The fourth-order valence-corrected chi connectivity index (χ4v) is 2.04. The lowest BCUT2D eigenvalue weighted by Gasteiger charge is -2.07. The van der Waals surface area contributed by atoms with E-state index in [0.717, 1.165) is 15.8 Å². The van der Waals surface area contributed by atoms with Gasteiger partial charge in [-0.1, -0.05) is 15.9 Å². The lowest BCUT2D eigenvalue weighted by molar-refractivity contribution is 0.103. The molecule has 0 aliphatic rings. The second-order valence-corrected chi connectivity index (χ2v) is 4.93. The first kappa shape index (κ1) is 12.8. The van der Waals surface area contributed by atoms with Crippen LogP contribution in [0.4, 0.5) is 0 Å². The molecule has 0 fully saturated rings. The Morgan fingerprint density at radius 2 is 1.78 bits per heavy atom. The summed E-state index contributed by atoms with van der Waals surface area (Å²) in [6, 6.07) is 12.8. The second kappa shape index (κ2) is 5.36. The zero-order valence-electron chi connectivity index (χ0n) is 10.2. The Bertz CT molecular complexity index is 574. The minimum Gasteiger partial charge on any atom is -0.497 e. The molecule has 2 nitrogen and oxygen atoms in total. The van der Waals surface area contributed by atoms with Crippen LogP contribution in [0.15, 0.2) is 46.9 Å². The van der Waals surface area contributed by atoms with Crippen molar-refractivity contribution in [2.75, 3.05) is 7.11 Å². The van der Waals surface area contributed by atoms with Crippen molar-refractivity contribution in [2.45, 2.75) is 6.92 Å². The summed E-state index contributed by atoms with van der Waals surface area (Å²) < 4.78 is 6.10. The average molecular weight is 305 g/mol. The summed E-state index contributed by atoms with van der Waals surface area (Å²) in [5, 5.41) is 0. The van der Waals surface area contributed by atoms with Crippen LogP contribution in [-0.2, 0) is 0 Å². The highest BCUT2D eigenvalue weighted by Crippen LogP contribution is 2.20. The molecule has 2 aromatic rings. The number of rotatable bonds is 3. The molecule has 0 N–H and O–H groups in total. The van der Waals surface area contributed by atoms with Gasteiger partial charge in [0.05, 0.1) is 7.11 Å². The Labute approximate surface area is 115 Å². The van der Waals surface area contributed by atoms with Crippen molar-refractivity contribution in [1.29, 1.82) is 0 Å². The van der Waals surface area contributed by atoms with E-state index < -0.39 is 0 Å². The molecule has 0 radical (unpaired) electrons. The average Bonchev–Trinajstić information content (AvgIpc) is 2.38. The molecule has 0 saturated heterocycles. The van der Waals surface area contributed by atoms with Gasteiger partial charge in [0.15, 0.2) is 5.78 Å². The molecule has 0 heterocycles. The van der Waals surface area contributed by atoms with Gasteiger partial charge in [-0.2, -0.15) is 0 Å². The van der Waals surface area contributed by atoms with Gasteiger partial charge in [0.1, 0.15) is 5.75 Å². The molecule has 3 heteroatoms. The summed E-state index contributed by atoms with van der Waals surface area (Å²) in [5.41, 5.74) is 2.31. The van der Waals surface area contributed by atoms with Crippen LogP contribution in [0.3, 0.4) is 0 Å². The van der Waals surface area contributed by atoms with Gasteiger partial charge < -0.3 is 4.74 Å². The Morgan fingerprint density at radius 1 is 1.11 bits per heavy atom.